The molecule has 1 rings (SSSR count). The van der Waals surface area contributed by atoms with Crippen molar-refractivity contribution in [1.29, 1.82) is 0 Å². The maximum Gasteiger partial charge on any atom is 0.240 e. The summed E-state index contributed by atoms with van der Waals surface area (Å²) in [6, 6.07) is -0.635. The fourth-order valence-electron chi connectivity index (χ4n) is 1.81. The number of primary amides is 1. The first-order chi connectivity index (χ1) is 7.85. The average Bonchev–Trinajstić information content (AvgIpc) is 2.29. The van der Waals surface area contributed by atoms with Crippen LogP contribution in [-0.4, -0.2) is 54.5 Å². The third kappa shape index (κ3) is 3.41. The molecule has 0 aromatic rings. The van der Waals surface area contributed by atoms with Crippen LogP contribution in [-0.2, 0) is 9.59 Å². The largest absolute Gasteiger partial charge is 0.368 e. The number of nitrogens with zero attached hydrogens (tertiary/aromatic N) is 1. The van der Waals surface area contributed by atoms with Gasteiger partial charge in [-0.1, -0.05) is 0 Å². The molecule has 1 aliphatic rings. The molecule has 1 aliphatic heterocycles. The number of amides is 2. The summed E-state index contributed by atoms with van der Waals surface area (Å²) < 4.78 is 0. The summed E-state index contributed by atoms with van der Waals surface area (Å²) in [6.45, 7) is 8.72. The van der Waals surface area contributed by atoms with Crippen molar-refractivity contribution < 1.29 is 9.59 Å². The molecular weight excluding hydrogens is 220 g/mol. The van der Waals surface area contributed by atoms with E-state index < -0.39 is 17.5 Å². The number of rotatable bonds is 4. The molecule has 0 radical (unpaired) electrons. The molecule has 0 spiro atoms. The number of carbonyl (C=O) groups excluding carboxylic acids is 2. The highest BCUT2D eigenvalue weighted by Gasteiger charge is 2.36. The Morgan fingerprint density at radius 1 is 1.35 bits per heavy atom. The average molecular weight is 242 g/mol. The molecule has 0 bridgehead atoms. The van der Waals surface area contributed by atoms with Gasteiger partial charge in [0, 0.05) is 26.2 Å². The zero-order valence-corrected chi connectivity index (χ0v) is 10.7. The lowest BCUT2D eigenvalue weighted by Crippen LogP contribution is -2.61. The van der Waals surface area contributed by atoms with Crippen LogP contribution in [0.5, 0.6) is 0 Å². The third-order valence-electron chi connectivity index (χ3n) is 3.24. The quantitative estimate of drug-likeness (QED) is 0.569. The zero-order valence-electron chi connectivity index (χ0n) is 10.7. The van der Waals surface area contributed by atoms with Crippen LogP contribution in [0.15, 0.2) is 0 Å². The standard InChI is InChI=1S/C11H22N4O2/c1-8(9(12)16)14-10(17)11(2,3)15-6-4-13-5-7-15/h8,13H,4-7H2,1-3H3,(H2,12,16)(H,14,17). The second kappa shape index (κ2) is 5.46. The van der Waals surface area contributed by atoms with E-state index in [2.05, 4.69) is 15.5 Å². The highest BCUT2D eigenvalue weighted by atomic mass is 16.2. The molecule has 17 heavy (non-hydrogen) atoms. The molecule has 4 N–H and O–H groups in total. The Bertz CT molecular complexity index is 298. The van der Waals surface area contributed by atoms with Crippen molar-refractivity contribution in [2.45, 2.75) is 32.4 Å². The first-order valence-electron chi connectivity index (χ1n) is 5.91. The summed E-state index contributed by atoms with van der Waals surface area (Å²) in [5.41, 5.74) is 4.51. The zero-order chi connectivity index (χ0) is 13.1. The Labute approximate surface area is 102 Å². The van der Waals surface area contributed by atoms with E-state index in [9.17, 15) is 9.59 Å². The van der Waals surface area contributed by atoms with Gasteiger partial charge in [-0.2, -0.15) is 0 Å². The van der Waals surface area contributed by atoms with E-state index in [1.807, 2.05) is 13.8 Å². The van der Waals surface area contributed by atoms with Crippen LogP contribution in [0.2, 0.25) is 0 Å². The van der Waals surface area contributed by atoms with Crippen molar-refractivity contribution in [1.82, 2.24) is 15.5 Å². The predicted octanol–water partition coefficient (Wildman–Crippen LogP) is -1.34. The minimum Gasteiger partial charge on any atom is -0.368 e. The molecule has 0 aromatic carbocycles. The lowest BCUT2D eigenvalue weighted by Gasteiger charge is -2.40. The van der Waals surface area contributed by atoms with Gasteiger partial charge in [-0.25, -0.2) is 0 Å². The fraction of sp³-hybridized carbons (Fsp3) is 0.818. The van der Waals surface area contributed by atoms with E-state index in [1.54, 1.807) is 6.92 Å². The number of nitrogens with one attached hydrogen (secondary N) is 2. The number of carbonyl (C=O) groups is 2. The normalized spacial score (nSPS) is 19.7. The number of hydrogen-bond donors (Lipinski definition) is 3. The van der Waals surface area contributed by atoms with Crippen LogP contribution in [0.3, 0.4) is 0 Å². The maximum atomic E-state index is 12.1. The predicted molar refractivity (Wildman–Crippen MR) is 65.3 cm³/mol. The van der Waals surface area contributed by atoms with Crippen LogP contribution in [0, 0.1) is 0 Å². The minimum atomic E-state index is -0.635. The van der Waals surface area contributed by atoms with Crippen molar-refractivity contribution in [3.63, 3.8) is 0 Å². The van der Waals surface area contributed by atoms with Gasteiger partial charge in [0.05, 0.1) is 5.54 Å². The topological polar surface area (TPSA) is 87.5 Å². The van der Waals surface area contributed by atoms with E-state index in [-0.39, 0.29) is 5.91 Å². The molecule has 1 heterocycles. The monoisotopic (exact) mass is 242 g/mol. The van der Waals surface area contributed by atoms with Crippen LogP contribution in [0.1, 0.15) is 20.8 Å². The van der Waals surface area contributed by atoms with Gasteiger partial charge >= 0.3 is 0 Å². The van der Waals surface area contributed by atoms with E-state index >= 15 is 0 Å². The lowest BCUT2D eigenvalue weighted by molar-refractivity contribution is -0.135. The molecular formula is C11H22N4O2. The van der Waals surface area contributed by atoms with Gasteiger partial charge in [-0.3, -0.25) is 14.5 Å². The lowest BCUT2D eigenvalue weighted by atomic mass is 10.00. The van der Waals surface area contributed by atoms with E-state index in [1.165, 1.54) is 0 Å². The second-order valence-corrected chi connectivity index (χ2v) is 4.89. The SMILES string of the molecule is CC(NC(=O)C(C)(C)N1CCNCC1)C(N)=O. The summed E-state index contributed by atoms with van der Waals surface area (Å²) >= 11 is 0. The van der Waals surface area contributed by atoms with Gasteiger partial charge in [0.2, 0.25) is 11.8 Å². The Kier molecular flexibility index (Phi) is 4.47. The summed E-state index contributed by atoms with van der Waals surface area (Å²) in [7, 11) is 0. The summed E-state index contributed by atoms with van der Waals surface area (Å²) in [4.78, 5) is 25.1. The third-order valence-corrected chi connectivity index (χ3v) is 3.24. The molecule has 1 fully saturated rings. The van der Waals surface area contributed by atoms with Gasteiger partial charge in [0.1, 0.15) is 6.04 Å². The van der Waals surface area contributed by atoms with Crippen LogP contribution < -0.4 is 16.4 Å². The van der Waals surface area contributed by atoms with E-state index in [0.717, 1.165) is 26.2 Å². The molecule has 0 aliphatic carbocycles. The minimum absolute atomic E-state index is 0.161. The van der Waals surface area contributed by atoms with Crippen LogP contribution in [0.4, 0.5) is 0 Å². The molecule has 2 amide bonds. The van der Waals surface area contributed by atoms with E-state index in [0.29, 0.717) is 0 Å². The molecule has 6 nitrogen and oxygen atoms in total. The van der Waals surface area contributed by atoms with Gasteiger partial charge in [-0.05, 0) is 20.8 Å². The summed E-state index contributed by atoms with van der Waals surface area (Å²) in [5, 5.41) is 5.88. The Balaban J connectivity index is 2.61. The highest BCUT2D eigenvalue weighted by molar-refractivity contribution is 5.90. The van der Waals surface area contributed by atoms with Crippen LogP contribution >= 0.6 is 0 Å². The van der Waals surface area contributed by atoms with Gasteiger partial charge < -0.3 is 16.4 Å². The van der Waals surface area contributed by atoms with Gasteiger partial charge in [-0.15, -0.1) is 0 Å². The molecule has 1 unspecified atom stereocenters. The molecule has 6 heteroatoms. The maximum absolute atomic E-state index is 12.1. The van der Waals surface area contributed by atoms with Crippen molar-refractivity contribution in [3.05, 3.63) is 0 Å². The Hall–Kier alpha value is -1.14. The van der Waals surface area contributed by atoms with Crippen molar-refractivity contribution in [2.75, 3.05) is 26.2 Å². The number of piperazine rings is 1. The van der Waals surface area contributed by atoms with Gasteiger partial charge in [0.25, 0.3) is 0 Å². The highest BCUT2D eigenvalue weighted by Crippen LogP contribution is 2.15. The van der Waals surface area contributed by atoms with Crippen LogP contribution in [0.25, 0.3) is 0 Å². The number of hydrogen-bond acceptors (Lipinski definition) is 4. The summed E-state index contributed by atoms with van der Waals surface area (Å²) in [6.07, 6.45) is 0. The molecule has 1 saturated heterocycles. The molecule has 0 saturated carbocycles. The van der Waals surface area contributed by atoms with Gasteiger partial charge in [0.15, 0.2) is 0 Å². The summed E-state index contributed by atoms with van der Waals surface area (Å²) in [5.74, 6) is -0.680. The fourth-order valence-corrected chi connectivity index (χ4v) is 1.81. The molecule has 98 valence electrons. The molecule has 1 atom stereocenters. The second-order valence-electron chi connectivity index (χ2n) is 4.89. The molecule has 0 aromatic heterocycles. The van der Waals surface area contributed by atoms with Crippen molar-refractivity contribution >= 4 is 11.8 Å². The van der Waals surface area contributed by atoms with Crippen molar-refractivity contribution in [3.8, 4) is 0 Å². The van der Waals surface area contributed by atoms with Crippen molar-refractivity contribution in [2.24, 2.45) is 5.73 Å². The smallest absolute Gasteiger partial charge is 0.240 e. The Morgan fingerprint density at radius 2 is 1.88 bits per heavy atom. The first-order valence-corrected chi connectivity index (χ1v) is 5.91. The number of nitrogens with two attached hydrogens (primary N) is 1. The Morgan fingerprint density at radius 3 is 2.35 bits per heavy atom. The van der Waals surface area contributed by atoms with E-state index in [4.69, 9.17) is 5.73 Å². The first kappa shape index (κ1) is 13.9.